The first-order valence-corrected chi connectivity index (χ1v) is 14.6. The molecule has 4 aliphatic rings. The molecule has 0 amide bonds. The number of benzene rings is 1. The van der Waals surface area contributed by atoms with E-state index in [4.69, 9.17) is 28.4 Å². The van der Waals surface area contributed by atoms with Crippen LogP contribution < -0.4 is 0 Å². The number of nitrogens with zero attached hydrogens (tertiary/aromatic N) is 2. The van der Waals surface area contributed by atoms with Gasteiger partial charge in [0.05, 0.1) is 17.8 Å². The number of hydrogen-bond acceptors (Lipinski definition) is 9. The molecule has 10 nitrogen and oxygen atoms in total. The molecule has 1 aliphatic carbocycles. The number of piperidine rings is 2. The first kappa shape index (κ1) is 30.9. The van der Waals surface area contributed by atoms with Crippen LogP contribution >= 0.6 is 0 Å². The van der Waals surface area contributed by atoms with E-state index in [1.54, 1.807) is 4.57 Å². The molecule has 0 spiro atoms. The fourth-order valence-electron chi connectivity index (χ4n) is 6.97. The summed E-state index contributed by atoms with van der Waals surface area (Å²) in [5.41, 5.74) is 1.81. The van der Waals surface area contributed by atoms with Crippen molar-refractivity contribution in [3.8, 4) is 0 Å². The molecule has 3 fully saturated rings. The van der Waals surface area contributed by atoms with E-state index in [2.05, 4.69) is 17.9 Å². The van der Waals surface area contributed by atoms with E-state index < -0.39 is 18.6 Å². The number of carbonyl (C=O) groups excluding carboxylic acids is 1. The van der Waals surface area contributed by atoms with E-state index in [1.807, 2.05) is 39.0 Å². The van der Waals surface area contributed by atoms with Gasteiger partial charge in [-0.3, -0.25) is 9.64 Å². The Hall–Kier alpha value is -2.05. The predicted octanol–water partition coefficient (Wildman–Crippen LogP) is 4.45. The van der Waals surface area contributed by atoms with Crippen molar-refractivity contribution in [1.82, 2.24) is 9.47 Å². The smallest absolute Gasteiger partial charge is 0.418 e. The van der Waals surface area contributed by atoms with E-state index in [0.29, 0.717) is 31.7 Å². The van der Waals surface area contributed by atoms with E-state index >= 15 is 0 Å². The molecule has 4 bridgehead atoms. The zero-order chi connectivity index (χ0) is 28.9. The number of rotatable bonds is 10. The Labute approximate surface area is 237 Å². The Morgan fingerprint density at radius 2 is 1.73 bits per heavy atom. The number of carbonyl (C=O) groups is 1. The summed E-state index contributed by atoms with van der Waals surface area (Å²) in [5.74, 6) is 0.965. The lowest BCUT2D eigenvalue weighted by Crippen LogP contribution is -2.64. The fraction of sp³-hybridized carbons (Fsp3) is 0.700. The minimum atomic E-state index is -0.987. The summed E-state index contributed by atoms with van der Waals surface area (Å²) in [6.45, 7) is 9.60. The largest absolute Gasteiger partial charge is 0.449 e. The zero-order valence-electron chi connectivity index (χ0n) is 24.8. The van der Waals surface area contributed by atoms with Gasteiger partial charge in [0.1, 0.15) is 5.60 Å². The summed E-state index contributed by atoms with van der Waals surface area (Å²) in [4.78, 5) is 15.5. The molecular weight excluding hydrogens is 516 g/mol. The SMILES string of the molecule is CCOC(=O)n1c2c(c3ccccc31)CCN1C[C@@H]3C[C@H](CC)[C@H]1[C@@]2(O)C3.CCOC(OC)OC(OC)OCC. The van der Waals surface area contributed by atoms with Gasteiger partial charge >= 0.3 is 6.09 Å². The molecule has 4 heterocycles. The summed E-state index contributed by atoms with van der Waals surface area (Å²) in [7, 11) is 2.97. The van der Waals surface area contributed by atoms with Gasteiger partial charge in [0.15, 0.2) is 0 Å². The van der Waals surface area contributed by atoms with Crippen LogP contribution in [-0.2, 0) is 40.4 Å². The third kappa shape index (κ3) is 5.94. The van der Waals surface area contributed by atoms with Crippen molar-refractivity contribution in [3.05, 3.63) is 35.5 Å². The third-order valence-electron chi connectivity index (χ3n) is 8.28. The van der Waals surface area contributed by atoms with Gasteiger partial charge in [-0.05, 0) is 63.5 Å². The fourth-order valence-corrected chi connectivity index (χ4v) is 6.97. The number of para-hydroxylation sites is 1. The number of ether oxygens (including phenoxy) is 6. The third-order valence-corrected chi connectivity index (χ3v) is 8.28. The van der Waals surface area contributed by atoms with E-state index in [1.165, 1.54) is 20.6 Å². The summed E-state index contributed by atoms with van der Waals surface area (Å²) in [6.07, 6.45) is 3.49. The highest BCUT2D eigenvalue weighted by Gasteiger charge is 2.58. The molecular formula is C30H46N2O8. The minimum Gasteiger partial charge on any atom is -0.449 e. The van der Waals surface area contributed by atoms with Gasteiger partial charge in [-0.2, -0.15) is 0 Å². The molecule has 6 rings (SSSR count). The lowest BCUT2D eigenvalue weighted by atomic mass is 9.62. The van der Waals surface area contributed by atoms with Crippen LogP contribution in [0, 0.1) is 11.8 Å². The van der Waals surface area contributed by atoms with Gasteiger partial charge in [0.25, 0.3) is 13.0 Å². The molecule has 1 N–H and O–H groups in total. The Morgan fingerprint density at radius 1 is 1.05 bits per heavy atom. The predicted molar refractivity (Wildman–Crippen MR) is 150 cm³/mol. The van der Waals surface area contributed by atoms with Gasteiger partial charge in [-0.15, -0.1) is 0 Å². The molecule has 7 atom stereocenters. The molecule has 1 aromatic heterocycles. The van der Waals surface area contributed by atoms with Gasteiger partial charge in [-0.25, -0.2) is 9.36 Å². The maximum atomic E-state index is 13.0. The summed E-state index contributed by atoms with van der Waals surface area (Å²) < 4.78 is 32.1. The number of hydrogen-bond donors (Lipinski definition) is 1. The number of aliphatic hydroxyl groups is 1. The maximum absolute atomic E-state index is 13.0. The minimum absolute atomic E-state index is 0.0891. The van der Waals surface area contributed by atoms with Crippen LogP contribution in [0.4, 0.5) is 4.79 Å². The molecule has 2 aromatic rings. The Morgan fingerprint density at radius 3 is 2.33 bits per heavy atom. The van der Waals surface area contributed by atoms with E-state index in [0.717, 1.165) is 54.5 Å². The van der Waals surface area contributed by atoms with Crippen molar-refractivity contribution >= 4 is 17.0 Å². The molecule has 1 saturated carbocycles. The van der Waals surface area contributed by atoms with Crippen molar-refractivity contribution in [2.75, 3.05) is 47.1 Å². The van der Waals surface area contributed by atoms with Gasteiger partial charge in [0.2, 0.25) is 0 Å². The molecule has 10 heteroatoms. The van der Waals surface area contributed by atoms with Crippen LogP contribution in [0.3, 0.4) is 0 Å². The first-order chi connectivity index (χ1) is 19.4. The summed E-state index contributed by atoms with van der Waals surface area (Å²) in [6, 6.07) is 8.11. The van der Waals surface area contributed by atoms with E-state index in [-0.39, 0.29) is 12.1 Å². The average Bonchev–Trinajstić information content (AvgIpc) is 3.26. The second kappa shape index (κ2) is 13.7. The highest BCUT2D eigenvalue weighted by atomic mass is 16.9. The topological polar surface area (TPSA) is 101 Å². The van der Waals surface area contributed by atoms with Crippen LogP contribution in [-0.4, -0.2) is 86.8 Å². The van der Waals surface area contributed by atoms with E-state index in [9.17, 15) is 9.90 Å². The van der Waals surface area contributed by atoms with Gasteiger partial charge in [0, 0.05) is 52.0 Å². The van der Waals surface area contributed by atoms with Crippen LogP contribution in [0.15, 0.2) is 24.3 Å². The lowest BCUT2D eigenvalue weighted by molar-refractivity contribution is -0.387. The number of fused-ring (bicyclic) bond motifs is 4. The molecule has 40 heavy (non-hydrogen) atoms. The van der Waals surface area contributed by atoms with Crippen molar-refractivity contribution < 1.29 is 38.3 Å². The highest BCUT2D eigenvalue weighted by molar-refractivity contribution is 5.94. The lowest BCUT2D eigenvalue weighted by Gasteiger charge is -2.57. The molecule has 2 saturated heterocycles. The van der Waals surface area contributed by atoms with Crippen molar-refractivity contribution in [1.29, 1.82) is 0 Å². The molecule has 1 aromatic carbocycles. The first-order valence-electron chi connectivity index (χ1n) is 14.6. The molecule has 0 radical (unpaired) electrons. The number of aromatic nitrogens is 1. The quantitative estimate of drug-likeness (QED) is 0.421. The van der Waals surface area contributed by atoms with Crippen LogP contribution in [0.2, 0.25) is 0 Å². The molecule has 224 valence electrons. The maximum Gasteiger partial charge on any atom is 0.418 e. The molecule has 3 unspecified atom stereocenters. The van der Waals surface area contributed by atoms with Crippen LogP contribution in [0.5, 0.6) is 0 Å². The van der Waals surface area contributed by atoms with Crippen molar-refractivity contribution in [2.45, 2.75) is 78.0 Å². The normalized spacial score (nSPS) is 28.3. The Bertz CT molecular complexity index is 1110. The van der Waals surface area contributed by atoms with Crippen LogP contribution in [0.25, 0.3) is 10.9 Å². The summed E-state index contributed by atoms with van der Waals surface area (Å²) >= 11 is 0. The second-order valence-electron chi connectivity index (χ2n) is 10.6. The average molecular weight is 563 g/mol. The Kier molecular flexibility index (Phi) is 10.6. The van der Waals surface area contributed by atoms with Crippen molar-refractivity contribution in [3.63, 3.8) is 0 Å². The summed E-state index contributed by atoms with van der Waals surface area (Å²) in [5, 5.41) is 13.2. The van der Waals surface area contributed by atoms with Crippen molar-refractivity contribution in [2.24, 2.45) is 11.8 Å². The monoisotopic (exact) mass is 562 g/mol. The highest BCUT2D eigenvalue weighted by Crippen LogP contribution is 2.54. The number of methoxy groups -OCH3 is 2. The molecule has 3 aliphatic heterocycles. The van der Waals surface area contributed by atoms with Gasteiger partial charge < -0.3 is 28.8 Å². The zero-order valence-corrected chi connectivity index (χ0v) is 24.8. The Balaban J connectivity index is 0.000000243. The second-order valence-corrected chi connectivity index (χ2v) is 10.6. The standard InChI is InChI=1S/C22H28N2O3.C8H18O5/c1-3-15-11-14-12-22(26)19(15)23(13-14)10-9-17-16-7-5-6-8-18(16)24(20(17)22)21(25)27-4-2;1-5-11-7(9-3)13-8(10-4)12-6-2/h5-8,14-15,19,26H,3-4,9-13H2,1-2H3;7-8H,5-6H2,1-4H3/t14-,15+,19+,22+;/m1./s1. The van der Waals surface area contributed by atoms with Gasteiger partial charge in [-0.1, -0.05) is 31.5 Å². The van der Waals surface area contributed by atoms with Crippen LogP contribution in [0.1, 0.15) is 58.2 Å².